The number of hydrogen-bond acceptors (Lipinski definition) is 3. The first-order valence-electron chi connectivity index (χ1n) is 21.4. The van der Waals surface area contributed by atoms with E-state index in [1.807, 2.05) is 36.4 Å². The van der Waals surface area contributed by atoms with E-state index in [9.17, 15) is 0 Å². The maximum atomic E-state index is 5.22. The summed E-state index contributed by atoms with van der Waals surface area (Å²) in [7, 11) is 0. The third-order valence-corrected chi connectivity index (χ3v) is 13.6. The predicted octanol–water partition coefficient (Wildman–Crippen LogP) is 13.6. The minimum atomic E-state index is -0.587. The molecule has 0 N–H and O–H groups in total. The number of aromatic nitrogens is 3. The van der Waals surface area contributed by atoms with Gasteiger partial charge in [-0.05, 0) is 84.0 Å². The van der Waals surface area contributed by atoms with Crippen molar-refractivity contribution in [2.75, 3.05) is 0 Å². The highest BCUT2D eigenvalue weighted by Crippen LogP contribution is 2.67. The molecule has 62 heavy (non-hydrogen) atoms. The molecule has 0 saturated heterocycles. The summed E-state index contributed by atoms with van der Waals surface area (Å²) in [6.45, 7) is 0. The van der Waals surface area contributed by atoms with Crippen LogP contribution in [-0.2, 0) is 10.8 Å². The zero-order valence-electron chi connectivity index (χ0n) is 33.7. The maximum absolute atomic E-state index is 5.22. The van der Waals surface area contributed by atoms with Crippen molar-refractivity contribution in [3.05, 3.63) is 269 Å². The van der Waals surface area contributed by atoms with E-state index in [1.165, 1.54) is 66.8 Å². The quantitative estimate of drug-likeness (QED) is 0.178. The molecule has 9 aromatic carbocycles. The van der Waals surface area contributed by atoms with Gasteiger partial charge in [0.1, 0.15) is 0 Å². The summed E-state index contributed by atoms with van der Waals surface area (Å²) in [4.78, 5) is 15.5. The lowest BCUT2D eigenvalue weighted by molar-refractivity contribution is 0.633. The van der Waals surface area contributed by atoms with Gasteiger partial charge in [0.15, 0.2) is 17.5 Å². The molecule has 0 bridgehead atoms. The van der Waals surface area contributed by atoms with Crippen molar-refractivity contribution in [1.82, 2.24) is 15.0 Å². The summed E-state index contributed by atoms with van der Waals surface area (Å²) >= 11 is 0. The normalized spacial score (nSPS) is 14.1. The molecule has 0 unspecified atom stereocenters. The lowest BCUT2D eigenvalue weighted by Gasteiger charge is -2.49. The van der Waals surface area contributed by atoms with E-state index in [0.717, 1.165) is 27.8 Å². The molecule has 3 heteroatoms. The SMILES string of the molecule is c1ccc(-c2nc(-c3ccccc3)nc(-c3ccccc3-c3ccc4c(c3)C3(c5ccccc5-c5ccccc53)c3ccccc3C43c4ccccc4-c4ccccc43)n2)cc1. The molecule has 0 radical (unpaired) electrons. The van der Waals surface area contributed by atoms with E-state index in [2.05, 4.69) is 188 Å². The van der Waals surface area contributed by atoms with Gasteiger partial charge < -0.3 is 0 Å². The van der Waals surface area contributed by atoms with Gasteiger partial charge in [0.25, 0.3) is 0 Å². The van der Waals surface area contributed by atoms with Crippen LogP contribution in [0.25, 0.3) is 67.5 Å². The van der Waals surface area contributed by atoms with Gasteiger partial charge in [-0.15, -0.1) is 0 Å². The summed E-state index contributed by atoms with van der Waals surface area (Å²) in [6.07, 6.45) is 0. The Morgan fingerprint density at radius 2 is 0.532 bits per heavy atom. The zero-order valence-corrected chi connectivity index (χ0v) is 33.7. The molecular formula is C59H37N3. The summed E-state index contributed by atoms with van der Waals surface area (Å²) in [6, 6.07) is 81.9. The number of hydrogen-bond donors (Lipinski definition) is 0. The van der Waals surface area contributed by atoms with E-state index in [0.29, 0.717) is 17.5 Å². The number of fused-ring (bicyclic) bond motifs is 16. The lowest BCUT2D eigenvalue weighted by atomic mass is 9.52. The Balaban J connectivity index is 1.13. The molecule has 0 saturated carbocycles. The van der Waals surface area contributed by atoms with Gasteiger partial charge in [-0.25, -0.2) is 15.0 Å². The van der Waals surface area contributed by atoms with Crippen LogP contribution in [0.1, 0.15) is 44.5 Å². The largest absolute Gasteiger partial charge is 0.208 e. The van der Waals surface area contributed by atoms with Gasteiger partial charge in [-0.2, -0.15) is 0 Å². The minimum Gasteiger partial charge on any atom is -0.208 e. The first kappa shape index (κ1) is 34.8. The van der Waals surface area contributed by atoms with Crippen LogP contribution in [0.2, 0.25) is 0 Å². The summed E-state index contributed by atoms with van der Waals surface area (Å²) < 4.78 is 0. The van der Waals surface area contributed by atoms with Crippen molar-refractivity contribution in [2.45, 2.75) is 10.8 Å². The van der Waals surface area contributed by atoms with Crippen molar-refractivity contribution >= 4 is 0 Å². The van der Waals surface area contributed by atoms with E-state index >= 15 is 0 Å². The highest BCUT2D eigenvalue weighted by atomic mass is 15.0. The molecule has 288 valence electrons. The third kappa shape index (κ3) is 4.62. The molecule has 0 amide bonds. The van der Waals surface area contributed by atoms with Gasteiger partial charge in [0.05, 0.1) is 10.8 Å². The highest BCUT2D eigenvalue weighted by molar-refractivity contribution is 5.95. The Bertz CT molecular complexity index is 3270. The molecule has 1 heterocycles. The standard InChI is InChI=1S/C59H37N3/c1-3-19-38(20-4-1)55-60-56(39-21-5-2-6-22-39)62-57(61-55)46-28-8-7-23-41(46)40-35-36-53-54(37-40)59(49-31-15-11-26-44(49)45-27-12-16-32-50(45)59)52-34-18-17-33-51(52)58(53)47-29-13-9-24-42(47)43-25-10-14-30-48(43)58/h1-37H. The summed E-state index contributed by atoms with van der Waals surface area (Å²) in [5, 5.41) is 0. The monoisotopic (exact) mass is 787 g/mol. The first-order valence-corrected chi connectivity index (χ1v) is 21.4. The van der Waals surface area contributed by atoms with Crippen LogP contribution in [-0.4, -0.2) is 15.0 Å². The van der Waals surface area contributed by atoms with Gasteiger partial charge in [-0.1, -0.05) is 218 Å². The fraction of sp³-hybridized carbons (Fsp3) is 0.0339. The van der Waals surface area contributed by atoms with Crippen molar-refractivity contribution < 1.29 is 0 Å². The lowest BCUT2D eigenvalue weighted by Crippen LogP contribution is -2.43. The van der Waals surface area contributed by atoms with Crippen LogP contribution in [0.3, 0.4) is 0 Å². The minimum absolute atomic E-state index is 0.543. The molecule has 3 aliphatic rings. The maximum Gasteiger partial charge on any atom is 0.164 e. The van der Waals surface area contributed by atoms with Gasteiger partial charge in [0, 0.05) is 16.7 Å². The Labute approximate surface area is 360 Å². The fourth-order valence-electron chi connectivity index (χ4n) is 11.3. The molecular weight excluding hydrogens is 751 g/mol. The van der Waals surface area contributed by atoms with Crippen LogP contribution < -0.4 is 0 Å². The Morgan fingerprint density at radius 1 is 0.210 bits per heavy atom. The Morgan fingerprint density at radius 3 is 0.984 bits per heavy atom. The van der Waals surface area contributed by atoms with E-state index < -0.39 is 10.8 Å². The first-order chi connectivity index (χ1) is 30.8. The summed E-state index contributed by atoms with van der Waals surface area (Å²) in [5.41, 5.74) is 19.5. The van der Waals surface area contributed by atoms with Crippen molar-refractivity contribution in [2.24, 2.45) is 0 Å². The Hall–Kier alpha value is -8.01. The summed E-state index contributed by atoms with van der Waals surface area (Å²) in [5.74, 6) is 1.92. The second-order valence-electron chi connectivity index (χ2n) is 16.6. The fourth-order valence-corrected chi connectivity index (χ4v) is 11.3. The number of benzene rings is 9. The van der Waals surface area contributed by atoms with Crippen LogP contribution in [0.5, 0.6) is 0 Å². The predicted molar refractivity (Wildman–Crippen MR) is 250 cm³/mol. The Kier molecular flexibility index (Phi) is 7.44. The smallest absolute Gasteiger partial charge is 0.164 e. The second kappa shape index (κ2) is 13.2. The highest BCUT2D eigenvalue weighted by Gasteiger charge is 2.58. The van der Waals surface area contributed by atoms with Crippen molar-refractivity contribution in [3.8, 4) is 67.5 Å². The van der Waals surface area contributed by atoms with Crippen LogP contribution >= 0.6 is 0 Å². The number of rotatable bonds is 4. The average molecular weight is 788 g/mol. The molecule has 13 rings (SSSR count). The molecule has 0 fully saturated rings. The van der Waals surface area contributed by atoms with Crippen LogP contribution in [0, 0.1) is 0 Å². The van der Waals surface area contributed by atoms with E-state index in [1.54, 1.807) is 0 Å². The molecule has 1 aromatic heterocycles. The van der Waals surface area contributed by atoms with Gasteiger partial charge in [-0.3, -0.25) is 0 Å². The van der Waals surface area contributed by atoms with Crippen LogP contribution in [0.4, 0.5) is 0 Å². The number of nitrogens with zero attached hydrogens (tertiary/aromatic N) is 3. The second-order valence-corrected chi connectivity index (χ2v) is 16.6. The van der Waals surface area contributed by atoms with Crippen molar-refractivity contribution in [1.29, 1.82) is 0 Å². The molecule has 2 spiro atoms. The van der Waals surface area contributed by atoms with Gasteiger partial charge in [0.2, 0.25) is 0 Å². The molecule has 0 aliphatic heterocycles. The molecule has 0 atom stereocenters. The van der Waals surface area contributed by atoms with Gasteiger partial charge >= 0.3 is 0 Å². The zero-order chi connectivity index (χ0) is 40.8. The van der Waals surface area contributed by atoms with Crippen molar-refractivity contribution in [3.63, 3.8) is 0 Å². The van der Waals surface area contributed by atoms with Crippen LogP contribution in [0.15, 0.2) is 224 Å². The molecule has 3 nitrogen and oxygen atoms in total. The van der Waals surface area contributed by atoms with E-state index in [-0.39, 0.29) is 0 Å². The third-order valence-electron chi connectivity index (χ3n) is 13.6. The molecule has 10 aromatic rings. The topological polar surface area (TPSA) is 38.7 Å². The van der Waals surface area contributed by atoms with E-state index in [4.69, 9.17) is 15.0 Å². The molecule has 3 aliphatic carbocycles. The average Bonchev–Trinajstić information content (AvgIpc) is 3.82.